The zero-order chi connectivity index (χ0) is 18.1. The first-order valence-corrected chi connectivity index (χ1v) is 9.85. The van der Waals surface area contributed by atoms with E-state index in [2.05, 4.69) is 27.0 Å². The number of anilines is 2. The van der Waals surface area contributed by atoms with Gasteiger partial charge in [0.15, 0.2) is 11.6 Å². The van der Waals surface area contributed by atoms with Gasteiger partial charge in [-0.2, -0.15) is 0 Å². The average Bonchev–Trinajstić information content (AvgIpc) is 3.07. The molecule has 0 radical (unpaired) electrons. The van der Waals surface area contributed by atoms with Crippen molar-refractivity contribution in [2.45, 2.75) is 25.7 Å². The number of halogens is 2. The molecule has 0 saturated carbocycles. The molecule has 0 atom stereocenters. The molecule has 0 bridgehead atoms. The maximum atomic E-state index is 14.1. The molecule has 4 rings (SSSR count). The number of piperidine rings is 1. The van der Waals surface area contributed by atoms with Gasteiger partial charge in [0.25, 0.3) is 0 Å². The number of aromatic nitrogens is 1. The van der Waals surface area contributed by atoms with Gasteiger partial charge in [0.1, 0.15) is 0 Å². The van der Waals surface area contributed by atoms with Crippen LogP contribution in [0.2, 0.25) is 0 Å². The van der Waals surface area contributed by atoms with Crippen molar-refractivity contribution in [1.29, 1.82) is 0 Å². The maximum Gasteiger partial charge on any atom is 0.227 e. The van der Waals surface area contributed by atoms with Crippen LogP contribution in [-0.2, 0) is 11.2 Å². The first-order valence-electron chi connectivity index (χ1n) is 9.06. The van der Waals surface area contributed by atoms with Gasteiger partial charge in [0.2, 0.25) is 5.91 Å². The summed E-state index contributed by atoms with van der Waals surface area (Å²) in [6.45, 7) is 2.26. The molecule has 1 aromatic heterocycles. The second kappa shape index (κ2) is 7.35. The summed E-state index contributed by atoms with van der Waals surface area (Å²) in [6, 6.07) is 9.59. The van der Waals surface area contributed by atoms with E-state index in [-0.39, 0.29) is 11.7 Å². The molecule has 26 heavy (non-hydrogen) atoms. The predicted molar refractivity (Wildman–Crippen MR) is 104 cm³/mol. The maximum absolute atomic E-state index is 14.1. The standard InChI is InChI=1S/C20H21BrFN3O/c21-16-12-17(22)20(23-13-16)24-8-5-14(6-9-24)11-19(26)25-10-7-15-3-1-2-4-18(15)25/h1-4,12-14H,5-11H2. The number of fused-ring (bicyclic) bond motifs is 1. The van der Waals surface area contributed by atoms with Crippen LogP contribution >= 0.6 is 15.9 Å². The van der Waals surface area contributed by atoms with Gasteiger partial charge in [-0.1, -0.05) is 18.2 Å². The zero-order valence-electron chi connectivity index (χ0n) is 14.5. The van der Waals surface area contributed by atoms with Crippen LogP contribution in [0.5, 0.6) is 0 Å². The molecule has 1 aromatic carbocycles. The lowest BCUT2D eigenvalue weighted by Gasteiger charge is -2.33. The van der Waals surface area contributed by atoms with Crippen molar-refractivity contribution in [2.24, 2.45) is 5.92 Å². The molecule has 0 unspecified atom stereocenters. The molecular formula is C20H21BrFN3O. The molecule has 3 heterocycles. The minimum Gasteiger partial charge on any atom is -0.354 e. The van der Waals surface area contributed by atoms with E-state index >= 15 is 0 Å². The van der Waals surface area contributed by atoms with Crippen LogP contribution in [0.1, 0.15) is 24.8 Å². The number of rotatable bonds is 3. The van der Waals surface area contributed by atoms with Gasteiger partial charge in [0, 0.05) is 42.4 Å². The van der Waals surface area contributed by atoms with Gasteiger partial charge in [-0.25, -0.2) is 9.37 Å². The molecular weight excluding hydrogens is 397 g/mol. The SMILES string of the molecule is O=C(CC1CCN(c2ncc(Br)cc2F)CC1)N1CCc2ccccc21. The molecule has 1 fully saturated rings. The van der Waals surface area contributed by atoms with Crippen molar-refractivity contribution >= 4 is 33.3 Å². The smallest absolute Gasteiger partial charge is 0.227 e. The highest BCUT2D eigenvalue weighted by atomic mass is 79.9. The van der Waals surface area contributed by atoms with E-state index in [0.717, 1.165) is 44.6 Å². The Morgan fingerprint density at radius 2 is 2.00 bits per heavy atom. The van der Waals surface area contributed by atoms with E-state index in [1.807, 2.05) is 28.0 Å². The van der Waals surface area contributed by atoms with Crippen LogP contribution in [0.3, 0.4) is 0 Å². The van der Waals surface area contributed by atoms with Crippen molar-refractivity contribution in [3.8, 4) is 0 Å². The molecule has 2 aliphatic heterocycles. The quantitative estimate of drug-likeness (QED) is 0.751. The van der Waals surface area contributed by atoms with Gasteiger partial charge in [0.05, 0.1) is 0 Å². The topological polar surface area (TPSA) is 36.4 Å². The molecule has 1 saturated heterocycles. The van der Waals surface area contributed by atoms with E-state index in [4.69, 9.17) is 0 Å². The number of benzene rings is 1. The molecule has 0 N–H and O–H groups in total. The van der Waals surface area contributed by atoms with Gasteiger partial charge in [-0.05, 0) is 58.8 Å². The molecule has 4 nitrogen and oxygen atoms in total. The third-order valence-corrected chi connectivity index (χ3v) is 5.79. The molecule has 2 aliphatic rings. The number of pyridine rings is 1. The van der Waals surface area contributed by atoms with Gasteiger partial charge in [-0.3, -0.25) is 4.79 Å². The Morgan fingerprint density at radius 3 is 2.77 bits per heavy atom. The van der Waals surface area contributed by atoms with E-state index in [0.29, 0.717) is 22.6 Å². The molecule has 0 spiro atoms. The van der Waals surface area contributed by atoms with Crippen molar-refractivity contribution in [2.75, 3.05) is 29.4 Å². The van der Waals surface area contributed by atoms with Gasteiger partial charge >= 0.3 is 0 Å². The summed E-state index contributed by atoms with van der Waals surface area (Å²) in [5, 5.41) is 0. The summed E-state index contributed by atoms with van der Waals surface area (Å²) in [6.07, 6.45) is 4.91. The minimum atomic E-state index is -0.303. The van der Waals surface area contributed by atoms with E-state index < -0.39 is 0 Å². The highest BCUT2D eigenvalue weighted by Crippen LogP contribution is 2.31. The van der Waals surface area contributed by atoms with E-state index in [9.17, 15) is 9.18 Å². The number of carbonyl (C=O) groups excluding carboxylic acids is 1. The minimum absolute atomic E-state index is 0.210. The molecule has 6 heteroatoms. The Hall–Kier alpha value is -1.95. The van der Waals surface area contributed by atoms with Crippen molar-refractivity contribution in [3.05, 3.63) is 52.4 Å². The first-order chi connectivity index (χ1) is 12.6. The van der Waals surface area contributed by atoms with Gasteiger partial charge < -0.3 is 9.80 Å². The average molecular weight is 418 g/mol. The zero-order valence-corrected chi connectivity index (χ0v) is 16.1. The van der Waals surface area contributed by atoms with Crippen LogP contribution in [0.15, 0.2) is 41.0 Å². The Kier molecular flexibility index (Phi) is 4.94. The molecule has 136 valence electrons. The predicted octanol–water partition coefficient (Wildman–Crippen LogP) is 4.18. The summed E-state index contributed by atoms with van der Waals surface area (Å²) in [5.74, 6) is 0.667. The van der Waals surface area contributed by atoms with Crippen LogP contribution < -0.4 is 9.80 Å². The monoisotopic (exact) mass is 417 g/mol. The summed E-state index contributed by atoms with van der Waals surface area (Å²) in [5.41, 5.74) is 2.32. The molecule has 2 aromatic rings. The van der Waals surface area contributed by atoms with Crippen molar-refractivity contribution < 1.29 is 9.18 Å². The van der Waals surface area contributed by atoms with Gasteiger partial charge in [-0.15, -0.1) is 0 Å². The fraction of sp³-hybridized carbons (Fsp3) is 0.400. The summed E-state index contributed by atoms with van der Waals surface area (Å²) in [4.78, 5) is 20.9. The van der Waals surface area contributed by atoms with Crippen LogP contribution in [0, 0.1) is 11.7 Å². The first kappa shape index (κ1) is 17.5. The number of carbonyl (C=O) groups is 1. The number of para-hydroxylation sites is 1. The Labute approximate surface area is 161 Å². The highest BCUT2D eigenvalue weighted by molar-refractivity contribution is 9.10. The summed E-state index contributed by atoms with van der Waals surface area (Å²) < 4.78 is 14.7. The molecule has 0 aliphatic carbocycles. The fourth-order valence-corrected chi connectivity index (χ4v) is 4.25. The van der Waals surface area contributed by atoms with Crippen LogP contribution in [-0.4, -0.2) is 30.5 Å². The second-order valence-corrected chi connectivity index (χ2v) is 7.93. The van der Waals surface area contributed by atoms with Crippen molar-refractivity contribution in [1.82, 2.24) is 4.98 Å². The van der Waals surface area contributed by atoms with E-state index in [1.165, 1.54) is 11.6 Å². The number of nitrogens with zero attached hydrogens (tertiary/aromatic N) is 3. The largest absolute Gasteiger partial charge is 0.354 e. The number of hydrogen-bond donors (Lipinski definition) is 0. The number of hydrogen-bond acceptors (Lipinski definition) is 3. The lowest BCUT2D eigenvalue weighted by Crippen LogP contribution is -2.37. The van der Waals surface area contributed by atoms with Crippen LogP contribution in [0.25, 0.3) is 0 Å². The molecule has 1 amide bonds. The summed E-state index contributed by atoms with van der Waals surface area (Å²) >= 11 is 3.24. The lowest BCUT2D eigenvalue weighted by atomic mass is 9.93. The Morgan fingerprint density at radius 1 is 1.23 bits per heavy atom. The highest BCUT2D eigenvalue weighted by Gasteiger charge is 2.28. The number of amides is 1. The van der Waals surface area contributed by atoms with E-state index in [1.54, 1.807) is 6.20 Å². The van der Waals surface area contributed by atoms with Crippen molar-refractivity contribution in [3.63, 3.8) is 0 Å². The third-order valence-electron chi connectivity index (χ3n) is 5.35. The lowest BCUT2D eigenvalue weighted by molar-refractivity contribution is -0.119. The summed E-state index contributed by atoms with van der Waals surface area (Å²) in [7, 11) is 0. The second-order valence-electron chi connectivity index (χ2n) is 7.02. The third kappa shape index (κ3) is 3.47. The normalized spacial score (nSPS) is 17.5. The Balaban J connectivity index is 1.35. The fourth-order valence-electron chi connectivity index (χ4n) is 3.94. The van der Waals surface area contributed by atoms with Crippen LogP contribution in [0.4, 0.5) is 15.9 Å². The Bertz CT molecular complexity index is 820.